The van der Waals surface area contributed by atoms with Crippen LogP contribution in [-0.2, 0) is 11.3 Å². The highest BCUT2D eigenvalue weighted by molar-refractivity contribution is 5.76. The number of nitrogens with one attached hydrogen (secondary N) is 1. The van der Waals surface area contributed by atoms with Crippen molar-refractivity contribution in [2.75, 3.05) is 0 Å². The Morgan fingerprint density at radius 2 is 2.17 bits per heavy atom. The van der Waals surface area contributed by atoms with Crippen LogP contribution in [0.2, 0.25) is 0 Å². The second kappa shape index (κ2) is 7.85. The minimum absolute atomic E-state index is 0.140. The number of rotatable bonds is 7. The number of aryl methyl sites for hydroxylation is 2. The number of hydrogen-bond donors (Lipinski definition) is 1. The molecule has 4 nitrogen and oxygen atoms in total. The fourth-order valence-electron chi connectivity index (χ4n) is 2.50. The van der Waals surface area contributed by atoms with Gasteiger partial charge in [-0.05, 0) is 25.8 Å². The number of carbonyl (C=O) groups is 1. The molecule has 2 aromatic rings. The minimum Gasteiger partial charge on any atom is -0.349 e. The smallest absolute Gasteiger partial charge is 0.220 e. The van der Waals surface area contributed by atoms with E-state index in [1.54, 1.807) is 6.20 Å². The molecule has 23 heavy (non-hydrogen) atoms. The van der Waals surface area contributed by atoms with E-state index in [0.29, 0.717) is 31.4 Å². The molecule has 6 heteroatoms. The van der Waals surface area contributed by atoms with Gasteiger partial charge >= 0.3 is 0 Å². The predicted octanol–water partition coefficient (Wildman–Crippen LogP) is 3.52. The van der Waals surface area contributed by atoms with Crippen molar-refractivity contribution in [1.29, 1.82) is 0 Å². The summed E-state index contributed by atoms with van der Waals surface area (Å²) in [6, 6.07) is 2.98. The zero-order chi connectivity index (χ0) is 16.8. The normalized spacial score (nSPS) is 12.2. The highest BCUT2D eigenvalue weighted by Gasteiger charge is 2.16. The molecule has 0 bridgehead atoms. The van der Waals surface area contributed by atoms with Crippen LogP contribution < -0.4 is 5.32 Å². The van der Waals surface area contributed by atoms with Gasteiger partial charge in [0, 0.05) is 37.0 Å². The van der Waals surface area contributed by atoms with E-state index < -0.39 is 17.7 Å². The number of aromatic nitrogens is 2. The SMILES string of the molecule is CC[C@@H](NC(=O)CCCn1ccnc1C)c1ccc(F)cc1F. The third-order valence-electron chi connectivity index (χ3n) is 3.81. The lowest BCUT2D eigenvalue weighted by atomic mass is 10.0. The molecule has 124 valence electrons. The Balaban J connectivity index is 1.88. The van der Waals surface area contributed by atoms with Crippen molar-refractivity contribution in [3.05, 3.63) is 53.6 Å². The van der Waals surface area contributed by atoms with Gasteiger partial charge in [-0.2, -0.15) is 0 Å². The van der Waals surface area contributed by atoms with Crippen LogP contribution in [0, 0.1) is 18.6 Å². The number of carbonyl (C=O) groups excluding carboxylic acids is 1. The summed E-state index contributed by atoms with van der Waals surface area (Å²) < 4.78 is 28.8. The average Bonchev–Trinajstić information content (AvgIpc) is 2.91. The molecule has 0 unspecified atom stereocenters. The number of hydrogen-bond acceptors (Lipinski definition) is 2. The summed E-state index contributed by atoms with van der Waals surface area (Å²) >= 11 is 0. The van der Waals surface area contributed by atoms with Gasteiger partial charge in [0.1, 0.15) is 17.5 Å². The van der Waals surface area contributed by atoms with Crippen molar-refractivity contribution in [2.24, 2.45) is 0 Å². The van der Waals surface area contributed by atoms with Gasteiger partial charge in [-0.3, -0.25) is 4.79 Å². The third-order valence-corrected chi connectivity index (χ3v) is 3.81. The van der Waals surface area contributed by atoms with Gasteiger partial charge in [-0.25, -0.2) is 13.8 Å². The summed E-state index contributed by atoms with van der Waals surface area (Å²) in [5.74, 6) is -0.488. The van der Waals surface area contributed by atoms with Gasteiger partial charge in [-0.15, -0.1) is 0 Å². The molecular weight excluding hydrogens is 300 g/mol. The fourth-order valence-corrected chi connectivity index (χ4v) is 2.50. The molecule has 0 spiro atoms. The van der Waals surface area contributed by atoms with Crippen molar-refractivity contribution >= 4 is 5.91 Å². The van der Waals surface area contributed by atoms with Gasteiger partial charge in [0.05, 0.1) is 6.04 Å². The largest absolute Gasteiger partial charge is 0.349 e. The topological polar surface area (TPSA) is 46.9 Å². The molecule has 0 aliphatic carbocycles. The van der Waals surface area contributed by atoms with Crippen molar-refractivity contribution in [3.8, 4) is 0 Å². The lowest BCUT2D eigenvalue weighted by molar-refractivity contribution is -0.122. The Morgan fingerprint density at radius 1 is 1.39 bits per heavy atom. The molecule has 1 amide bonds. The first-order chi connectivity index (χ1) is 11.0. The predicted molar refractivity (Wildman–Crippen MR) is 83.7 cm³/mol. The second-order valence-electron chi connectivity index (χ2n) is 5.47. The highest BCUT2D eigenvalue weighted by Crippen LogP contribution is 2.21. The Morgan fingerprint density at radius 3 is 2.78 bits per heavy atom. The molecule has 1 aromatic carbocycles. The molecule has 1 N–H and O–H groups in total. The molecule has 1 atom stereocenters. The van der Waals surface area contributed by atoms with Crippen LogP contribution in [0.1, 0.15) is 43.6 Å². The van der Waals surface area contributed by atoms with Gasteiger partial charge < -0.3 is 9.88 Å². The Labute approximate surface area is 134 Å². The first kappa shape index (κ1) is 17.1. The molecule has 1 aromatic heterocycles. The fraction of sp³-hybridized carbons (Fsp3) is 0.412. The molecule has 0 aliphatic rings. The van der Waals surface area contributed by atoms with Crippen LogP contribution in [0.5, 0.6) is 0 Å². The Hall–Kier alpha value is -2.24. The average molecular weight is 321 g/mol. The van der Waals surface area contributed by atoms with E-state index in [0.717, 1.165) is 11.9 Å². The zero-order valence-electron chi connectivity index (χ0n) is 13.4. The van der Waals surface area contributed by atoms with E-state index >= 15 is 0 Å². The minimum atomic E-state index is -0.633. The second-order valence-corrected chi connectivity index (χ2v) is 5.47. The van der Waals surface area contributed by atoms with Gasteiger partial charge in [0.2, 0.25) is 5.91 Å². The summed E-state index contributed by atoms with van der Waals surface area (Å²) in [4.78, 5) is 16.2. The third kappa shape index (κ3) is 4.61. The molecule has 0 aliphatic heterocycles. The summed E-state index contributed by atoms with van der Waals surface area (Å²) in [6.45, 7) is 4.47. The molecule has 0 fully saturated rings. The monoisotopic (exact) mass is 321 g/mol. The first-order valence-electron chi connectivity index (χ1n) is 7.73. The molecule has 1 heterocycles. The molecule has 0 saturated carbocycles. The van der Waals surface area contributed by atoms with E-state index in [9.17, 15) is 13.6 Å². The first-order valence-corrected chi connectivity index (χ1v) is 7.73. The standard InChI is InChI=1S/C17H21F2N3O/c1-3-16(14-7-6-13(18)11-15(14)19)21-17(23)5-4-9-22-10-8-20-12(22)2/h6-8,10-11,16H,3-5,9H2,1-2H3,(H,21,23)/t16-/m1/s1. The molecular formula is C17H21F2N3O. The number of nitrogens with zero attached hydrogens (tertiary/aromatic N) is 2. The summed E-state index contributed by atoms with van der Waals surface area (Å²) in [7, 11) is 0. The van der Waals surface area contributed by atoms with Crippen LogP contribution in [0.25, 0.3) is 0 Å². The number of amides is 1. The van der Waals surface area contributed by atoms with E-state index in [1.165, 1.54) is 12.1 Å². The maximum atomic E-state index is 13.8. The van der Waals surface area contributed by atoms with Gasteiger partial charge in [-0.1, -0.05) is 13.0 Å². The van der Waals surface area contributed by atoms with E-state index in [1.807, 2.05) is 24.6 Å². The number of benzene rings is 1. The summed E-state index contributed by atoms with van der Waals surface area (Å²) in [6.07, 6.45) is 5.15. The molecule has 0 saturated heterocycles. The number of halogens is 2. The van der Waals surface area contributed by atoms with Crippen molar-refractivity contribution < 1.29 is 13.6 Å². The molecule has 2 rings (SSSR count). The van der Waals surface area contributed by atoms with Crippen LogP contribution >= 0.6 is 0 Å². The molecule has 0 radical (unpaired) electrons. The van der Waals surface area contributed by atoms with E-state index in [4.69, 9.17) is 0 Å². The number of imidazole rings is 1. The highest BCUT2D eigenvalue weighted by atomic mass is 19.1. The van der Waals surface area contributed by atoms with Crippen LogP contribution in [0.15, 0.2) is 30.6 Å². The van der Waals surface area contributed by atoms with Gasteiger partial charge in [0.25, 0.3) is 0 Å². The van der Waals surface area contributed by atoms with Crippen LogP contribution in [-0.4, -0.2) is 15.5 Å². The Bertz CT molecular complexity index is 670. The van der Waals surface area contributed by atoms with E-state index in [2.05, 4.69) is 10.3 Å². The van der Waals surface area contributed by atoms with Crippen LogP contribution in [0.3, 0.4) is 0 Å². The summed E-state index contributed by atoms with van der Waals surface area (Å²) in [5, 5.41) is 2.81. The van der Waals surface area contributed by atoms with Crippen LogP contribution in [0.4, 0.5) is 8.78 Å². The van der Waals surface area contributed by atoms with Crippen molar-refractivity contribution in [3.63, 3.8) is 0 Å². The van der Waals surface area contributed by atoms with Gasteiger partial charge in [0.15, 0.2) is 0 Å². The zero-order valence-corrected chi connectivity index (χ0v) is 13.4. The maximum absolute atomic E-state index is 13.8. The Kier molecular flexibility index (Phi) is 5.84. The van der Waals surface area contributed by atoms with Crippen molar-refractivity contribution in [1.82, 2.24) is 14.9 Å². The van der Waals surface area contributed by atoms with Crippen molar-refractivity contribution in [2.45, 2.75) is 45.7 Å². The lowest BCUT2D eigenvalue weighted by Gasteiger charge is -2.18. The van der Waals surface area contributed by atoms with E-state index in [-0.39, 0.29) is 5.91 Å². The maximum Gasteiger partial charge on any atom is 0.220 e. The lowest BCUT2D eigenvalue weighted by Crippen LogP contribution is -2.28. The quantitative estimate of drug-likeness (QED) is 0.848. The summed E-state index contributed by atoms with van der Waals surface area (Å²) in [5.41, 5.74) is 0.313.